The Balaban J connectivity index is 2.52. The van der Waals surface area contributed by atoms with Crippen LogP contribution in [0.5, 0.6) is 0 Å². The van der Waals surface area contributed by atoms with Crippen molar-refractivity contribution in [2.24, 2.45) is 0 Å². The van der Waals surface area contributed by atoms with Gasteiger partial charge in [-0.25, -0.2) is 0 Å². The topological polar surface area (TPSA) is 18.5 Å². The minimum absolute atomic E-state index is 0.403. The van der Waals surface area contributed by atoms with E-state index in [0.29, 0.717) is 0 Å². The van der Waals surface area contributed by atoms with Crippen LogP contribution in [0.1, 0.15) is 6.42 Å². The van der Waals surface area contributed by atoms with Crippen molar-refractivity contribution in [3.05, 3.63) is 12.2 Å². The van der Waals surface area contributed by atoms with Crippen molar-refractivity contribution in [2.45, 2.75) is 12.2 Å². The first-order valence-electron chi connectivity index (χ1n) is 2.54. The van der Waals surface area contributed by atoms with Crippen LogP contribution in [-0.4, -0.2) is 20.0 Å². The van der Waals surface area contributed by atoms with Gasteiger partial charge in [-0.2, -0.15) is 0 Å². The van der Waals surface area contributed by atoms with E-state index in [1.807, 2.05) is 0 Å². The summed E-state index contributed by atoms with van der Waals surface area (Å²) in [6, 6.07) is 0. The molecule has 0 radical (unpaired) electrons. The predicted molar refractivity (Wildman–Crippen MR) is 30.5 cm³/mol. The van der Waals surface area contributed by atoms with Gasteiger partial charge in [0.15, 0.2) is 5.79 Å². The smallest absolute Gasteiger partial charge is 0.194 e. The van der Waals surface area contributed by atoms with E-state index in [1.165, 1.54) is 0 Å². The molecular formula is C6H10O2. The second-order valence-electron chi connectivity index (χ2n) is 1.94. The average Bonchev–Trinajstić information content (AvgIpc) is 2.43. The van der Waals surface area contributed by atoms with Crippen LogP contribution in [0.3, 0.4) is 0 Å². The zero-order valence-corrected chi connectivity index (χ0v) is 5.23. The normalized spacial score (nSPS) is 23.5. The second kappa shape index (κ2) is 1.57. The summed E-state index contributed by atoms with van der Waals surface area (Å²) in [4.78, 5) is 0. The third kappa shape index (κ3) is 0.572. The molecule has 0 aliphatic heterocycles. The molecular weight excluding hydrogens is 104 g/mol. The van der Waals surface area contributed by atoms with Gasteiger partial charge in [0.05, 0.1) is 0 Å². The minimum Gasteiger partial charge on any atom is -0.349 e. The summed E-state index contributed by atoms with van der Waals surface area (Å²) in [6.45, 7) is 3.71. The zero-order chi connectivity index (χ0) is 6.20. The summed E-state index contributed by atoms with van der Waals surface area (Å²) in [7, 11) is 3.25. The van der Waals surface area contributed by atoms with Gasteiger partial charge in [0, 0.05) is 20.6 Å². The molecule has 0 unspecified atom stereocenters. The molecule has 0 amide bonds. The number of rotatable bonds is 2. The van der Waals surface area contributed by atoms with Gasteiger partial charge in [-0.15, -0.1) is 0 Å². The maximum absolute atomic E-state index is 4.99. The summed E-state index contributed by atoms with van der Waals surface area (Å²) in [6.07, 6.45) is 0.847. The van der Waals surface area contributed by atoms with Crippen LogP contribution in [0, 0.1) is 0 Å². The van der Waals surface area contributed by atoms with Gasteiger partial charge in [-0.05, 0) is 5.57 Å². The molecule has 0 heterocycles. The first-order chi connectivity index (χ1) is 3.75. The largest absolute Gasteiger partial charge is 0.349 e. The standard InChI is InChI=1S/C6H10O2/c1-5-4-6(5,7-2)8-3/h1,4H2,2-3H3. The monoisotopic (exact) mass is 114 g/mol. The molecule has 1 saturated carbocycles. The SMILES string of the molecule is C=C1CC1(OC)OC. The van der Waals surface area contributed by atoms with E-state index < -0.39 is 5.79 Å². The molecule has 0 atom stereocenters. The Morgan fingerprint density at radius 1 is 1.50 bits per heavy atom. The van der Waals surface area contributed by atoms with Crippen molar-refractivity contribution in [1.29, 1.82) is 0 Å². The van der Waals surface area contributed by atoms with E-state index in [-0.39, 0.29) is 0 Å². The lowest BCUT2D eigenvalue weighted by molar-refractivity contribution is -0.116. The number of hydrogen-bond donors (Lipinski definition) is 0. The molecule has 0 aromatic heterocycles. The Morgan fingerprint density at radius 3 is 1.88 bits per heavy atom. The van der Waals surface area contributed by atoms with Gasteiger partial charge in [0.2, 0.25) is 0 Å². The van der Waals surface area contributed by atoms with Gasteiger partial charge in [0.25, 0.3) is 0 Å². The Bertz CT molecular complexity index is 114. The lowest BCUT2D eigenvalue weighted by Crippen LogP contribution is -2.13. The number of methoxy groups -OCH3 is 2. The predicted octanol–water partition coefficient (Wildman–Crippen LogP) is 0.935. The summed E-state index contributed by atoms with van der Waals surface area (Å²) in [5, 5.41) is 0. The molecule has 46 valence electrons. The molecule has 0 aromatic carbocycles. The molecule has 2 nitrogen and oxygen atoms in total. The molecule has 1 rings (SSSR count). The van der Waals surface area contributed by atoms with E-state index in [9.17, 15) is 0 Å². The summed E-state index contributed by atoms with van der Waals surface area (Å²) in [5.41, 5.74) is 1.03. The maximum Gasteiger partial charge on any atom is 0.194 e. The van der Waals surface area contributed by atoms with E-state index in [4.69, 9.17) is 9.47 Å². The van der Waals surface area contributed by atoms with E-state index in [1.54, 1.807) is 14.2 Å². The summed E-state index contributed by atoms with van der Waals surface area (Å²) < 4.78 is 9.98. The van der Waals surface area contributed by atoms with Crippen molar-refractivity contribution in [1.82, 2.24) is 0 Å². The number of hydrogen-bond acceptors (Lipinski definition) is 2. The third-order valence-electron chi connectivity index (χ3n) is 1.52. The molecule has 1 aliphatic rings. The van der Waals surface area contributed by atoms with Gasteiger partial charge in [-0.1, -0.05) is 6.58 Å². The Labute approximate surface area is 49.1 Å². The van der Waals surface area contributed by atoms with Crippen LogP contribution < -0.4 is 0 Å². The molecule has 1 aliphatic carbocycles. The highest BCUT2D eigenvalue weighted by Gasteiger charge is 2.48. The molecule has 0 aromatic rings. The first-order valence-corrected chi connectivity index (χ1v) is 2.54. The molecule has 8 heavy (non-hydrogen) atoms. The molecule has 2 heteroatoms. The highest BCUT2D eigenvalue weighted by atomic mass is 16.7. The van der Waals surface area contributed by atoms with Crippen molar-refractivity contribution in [2.75, 3.05) is 14.2 Å². The van der Waals surface area contributed by atoms with E-state index in [0.717, 1.165) is 12.0 Å². The highest BCUT2D eigenvalue weighted by Crippen LogP contribution is 2.44. The molecule has 1 fully saturated rings. The van der Waals surface area contributed by atoms with Gasteiger partial charge < -0.3 is 9.47 Å². The third-order valence-corrected chi connectivity index (χ3v) is 1.52. The lowest BCUT2D eigenvalue weighted by atomic mass is 10.6. The molecule has 0 spiro atoms. The van der Waals surface area contributed by atoms with Crippen LogP contribution >= 0.6 is 0 Å². The fourth-order valence-corrected chi connectivity index (χ4v) is 0.753. The van der Waals surface area contributed by atoms with Crippen LogP contribution in [0.2, 0.25) is 0 Å². The van der Waals surface area contributed by atoms with Gasteiger partial charge >= 0.3 is 0 Å². The Morgan fingerprint density at radius 2 is 1.88 bits per heavy atom. The Hall–Kier alpha value is -0.340. The van der Waals surface area contributed by atoms with E-state index in [2.05, 4.69) is 6.58 Å². The van der Waals surface area contributed by atoms with Gasteiger partial charge in [-0.3, -0.25) is 0 Å². The fourth-order valence-electron chi connectivity index (χ4n) is 0.753. The number of ether oxygens (including phenoxy) is 2. The molecule has 0 saturated heterocycles. The zero-order valence-electron chi connectivity index (χ0n) is 5.23. The minimum atomic E-state index is -0.403. The lowest BCUT2D eigenvalue weighted by Gasteiger charge is -2.08. The van der Waals surface area contributed by atoms with Gasteiger partial charge in [0.1, 0.15) is 0 Å². The van der Waals surface area contributed by atoms with Crippen molar-refractivity contribution < 1.29 is 9.47 Å². The van der Waals surface area contributed by atoms with Crippen molar-refractivity contribution in [3.8, 4) is 0 Å². The quantitative estimate of drug-likeness (QED) is 0.393. The van der Waals surface area contributed by atoms with Crippen LogP contribution in [0.4, 0.5) is 0 Å². The Kier molecular flexibility index (Phi) is 1.14. The average molecular weight is 114 g/mol. The van der Waals surface area contributed by atoms with Crippen LogP contribution in [0.25, 0.3) is 0 Å². The fraction of sp³-hybridized carbons (Fsp3) is 0.667. The van der Waals surface area contributed by atoms with Crippen LogP contribution in [0.15, 0.2) is 12.2 Å². The maximum atomic E-state index is 4.99. The molecule has 0 bridgehead atoms. The summed E-state index contributed by atoms with van der Waals surface area (Å²) >= 11 is 0. The molecule has 0 N–H and O–H groups in total. The van der Waals surface area contributed by atoms with E-state index >= 15 is 0 Å². The second-order valence-corrected chi connectivity index (χ2v) is 1.94. The van der Waals surface area contributed by atoms with Crippen molar-refractivity contribution in [3.63, 3.8) is 0 Å². The first kappa shape index (κ1) is 5.79. The summed E-state index contributed by atoms with van der Waals surface area (Å²) in [5.74, 6) is -0.403. The van der Waals surface area contributed by atoms with Crippen LogP contribution in [-0.2, 0) is 9.47 Å². The highest BCUT2D eigenvalue weighted by molar-refractivity contribution is 5.28. The van der Waals surface area contributed by atoms with Crippen molar-refractivity contribution >= 4 is 0 Å².